The van der Waals surface area contributed by atoms with E-state index in [4.69, 9.17) is 14.2 Å². The van der Waals surface area contributed by atoms with Gasteiger partial charge in [0.15, 0.2) is 17.3 Å². The number of methoxy groups -OCH3 is 3. The number of aliphatic hydroxyl groups is 1. The third kappa shape index (κ3) is 2.89. The van der Waals surface area contributed by atoms with E-state index in [2.05, 4.69) is 5.32 Å². The van der Waals surface area contributed by atoms with E-state index in [0.717, 1.165) is 13.0 Å². The molecule has 0 radical (unpaired) electrons. The molecule has 1 aliphatic rings. The molecule has 0 aromatic heterocycles. The minimum atomic E-state index is -1.44. The van der Waals surface area contributed by atoms with Crippen molar-refractivity contribution < 1.29 is 24.1 Å². The Hall–Kier alpha value is -1.79. The van der Waals surface area contributed by atoms with E-state index >= 15 is 0 Å². The fourth-order valence-corrected chi connectivity index (χ4v) is 2.82. The highest BCUT2D eigenvalue weighted by molar-refractivity contribution is 6.03. The summed E-state index contributed by atoms with van der Waals surface area (Å²) in [6.45, 7) is 3.00. The monoisotopic (exact) mass is 309 g/mol. The first kappa shape index (κ1) is 16.6. The third-order valence-electron chi connectivity index (χ3n) is 4.24. The molecule has 1 fully saturated rings. The Morgan fingerprint density at radius 1 is 1.23 bits per heavy atom. The topological polar surface area (TPSA) is 77.0 Å². The standard InChI is InChI=1S/C16H23NO5/c1-16(19,11-5-6-17-9-11)15(18)10-7-12(20-2)14(22-4)13(8-10)21-3/h7-8,11,17,19H,5-6,9H2,1-4H3. The summed E-state index contributed by atoms with van der Waals surface area (Å²) in [6.07, 6.45) is 0.767. The lowest BCUT2D eigenvalue weighted by Crippen LogP contribution is -2.44. The highest BCUT2D eigenvalue weighted by atomic mass is 16.5. The van der Waals surface area contributed by atoms with Gasteiger partial charge in [-0.1, -0.05) is 0 Å². The van der Waals surface area contributed by atoms with Gasteiger partial charge in [-0.05, 0) is 32.0 Å². The Labute approximate surface area is 130 Å². The molecule has 0 amide bonds. The van der Waals surface area contributed by atoms with Gasteiger partial charge in [-0.2, -0.15) is 0 Å². The molecule has 0 aliphatic carbocycles. The molecule has 122 valence electrons. The second-order valence-corrected chi connectivity index (χ2v) is 5.58. The predicted octanol–water partition coefficient (Wildman–Crippen LogP) is 1.26. The molecule has 1 aromatic rings. The van der Waals surface area contributed by atoms with Gasteiger partial charge in [0.1, 0.15) is 5.60 Å². The van der Waals surface area contributed by atoms with E-state index in [-0.39, 0.29) is 11.7 Å². The van der Waals surface area contributed by atoms with Gasteiger partial charge in [0.25, 0.3) is 0 Å². The van der Waals surface area contributed by atoms with Crippen molar-refractivity contribution in [1.82, 2.24) is 5.32 Å². The minimum Gasteiger partial charge on any atom is -0.493 e. The number of carbonyl (C=O) groups excluding carboxylic acids is 1. The van der Waals surface area contributed by atoms with Crippen molar-refractivity contribution in [3.05, 3.63) is 17.7 Å². The normalized spacial score (nSPS) is 20.3. The second-order valence-electron chi connectivity index (χ2n) is 5.58. The van der Waals surface area contributed by atoms with Gasteiger partial charge < -0.3 is 24.6 Å². The van der Waals surface area contributed by atoms with E-state index < -0.39 is 5.60 Å². The van der Waals surface area contributed by atoms with Crippen LogP contribution in [0.4, 0.5) is 0 Å². The van der Waals surface area contributed by atoms with Crippen molar-refractivity contribution in [2.75, 3.05) is 34.4 Å². The Balaban J connectivity index is 2.40. The lowest BCUT2D eigenvalue weighted by Gasteiger charge is -2.28. The first-order valence-electron chi connectivity index (χ1n) is 7.23. The van der Waals surface area contributed by atoms with Gasteiger partial charge in [0, 0.05) is 18.0 Å². The number of ether oxygens (including phenoxy) is 3. The SMILES string of the molecule is COc1cc(C(=O)C(C)(O)C2CCNC2)cc(OC)c1OC. The van der Waals surface area contributed by atoms with Crippen molar-refractivity contribution >= 4 is 5.78 Å². The zero-order valence-corrected chi connectivity index (χ0v) is 13.4. The molecule has 1 saturated heterocycles. The zero-order chi connectivity index (χ0) is 16.3. The van der Waals surface area contributed by atoms with Crippen molar-refractivity contribution in [1.29, 1.82) is 0 Å². The Morgan fingerprint density at radius 3 is 2.23 bits per heavy atom. The molecular formula is C16H23NO5. The average molecular weight is 309 g/mol. The fourth-order valence-electron chi connectivity index (χ4n) is 2.82. The summed E-state index contributed by atoms with van der Waals surface area (Å²) in [5.74, 6) is 0.749. The molecule has 0 spiro atoms. The number of hydrogen-bond donors (Lipinski definition) is 2. The van der Waals surface area contributed by atoms with Gasteiger partial charge in [-0.3, -0.25) is 4.79 Å². The number of ketones is 1. The summed E-state index contributed by atoms with van der Waals surface area (Å²) in [5, 5.41) is 13.9. The van der Waals surface area contributed by atoms with Gasteiger partial charge in [-0.25, -0.2) is 0 Å². The molecule has 1 heterocycles. The molecule has 1 aromatic carbocycles. The van der Waals surface area contributed by atoms with Gasteiger partial charge >= 0.3 is 0 Å². The number of Topliss-reactive ketones (excluding diaryl/α,β-unsaturated/α-hetero) is 1. The molecule has 2 unspecified atom stereocenters. The van der Waals surface area contributed by atoms with Crippen LogP contribution < -0.4 is 19.5 Å². The molecule has 22 heavy (non-hydrogen) atoms. The first-order valence-corrected chi connectivity index (χ1v) is 7.23. The van der Waals surface area contributed by atoms with Gasteiger partial charge in [-0.15, -0.1) is 0 Å². The summed E-state index contributed by atoms with van der Waals surface area (Å²) >= 11 is 0. The lowest BCUT2D eigenvalue weighted by molar-refractivity contribution is 0.0134. The number of nitrogens with one attached hydrogen (secondary N) is 1. The largest absolute Gasteiger partial charge is 0.493 e. The quantitative estimate of drug-likeness (QED) is 0.770. The first-order chi connectivity index (χ1) is 10.5. The van der Waals surface area contributed by atoms with Crippen LogP contribution in [-0.4, -0.2) is 50.9 Å². The van der Waals surface area contributed by atoms with E-state index in [1.165, 1.54) is 21.3 Å². The van der Waals surface area contributed by atoms with Crippen molar-refractivity contribution in [3.63, 3.8) is 0 Å². The molecule has 2 rings (SSSR count). The number of hydrogen-bond acceptors (Lipinski definition) is 6. The number of rotatable bonds is 6. The summed E-state index contributed by atoms with van der Waals surface area (Å²) in [5.41, 5.74) is -1.10. The molecule has 1 aliphatic heterocycles. The highest BCUT2D eigenvalue weighted by Crippen LogP contribution is 2.39. The van der Waals surface area contributed by atoms with Crippen LogP contribution in [0, 0.1) is 5.92 Å². The maximum Gasteiger partial charge on any atom is 0.203 e. The van der Waals surface area contributed by atoms with Crippen LogP contribution in [-0.2, 0) is 0 Å². The maximum absolute atomic E-state index is 12.8. The van der Waals surface area contributed by atoms with Crippen LogP contribution in [0.25, 0.3) is 0 Å². The third-order valence-corrected chi connectivity index (χ3v) is 4.24. The molecular weight excluding hydrogens is 286 g/mol. The lowest BCUT2D eigenvalue weighted by atomic mass is 9.82. The molecule has 6 nitrogen and oxygen atoms in total. The number of benzene rings is 1. The Kier molecular flexibility index (Phi) is 4.93. The Morgan fingerprint density at radius 2 is 1.82 bits per heavy atom. The van der Waals surface area contributed by atoms with Crippen molar-refractivity contribution in [2.45, 2.75) is 18.9 Å². The minimum absolute atomic E-state index is 0.112. The van der Waals surface area contributed by atoms with Crippen LogP contribution in [0.5, 0.6) is 17.2 Å². The molecule has 2 atom stereocenters. The zero-order valence-electron chi connectivity index (χ0n) is 13.4. The molecule has 0 bridgehead atoms. The van der Waals surface area contributed by atoms with Gasteiger partial charge in [0.05, 0.1) is 21.3 Å². The second kappa shape index (κ2) is 6.54. The van der Waals surface area contributed by atoms with Crippen molar-refractivity contribution in [3.8, 4) is 17.2 Å². The van der Waals surface area contributed by atoms with Crippen LogP contribution in [0.3, 0.4) is 0 Å². The van der Waals surface area contributed by atoms with Crippen LogP contribution in [0.1, 0.15) is 23.7 Å². The van der Waals surface area contributed by atoms with Gasteiger partial charge in [0.2, 0.25) is 5.75 Å². The van der Waals surface area contributed by atoms with E-state index in [9.17, 15) is 9.90 Å². The Bertz CT molecular complexity index is 524. The smallest absolute Gasteiger partial charge is 0.203 e. The van der Waals surface area contributed by atoms with Crippen LogP contribution in [0.2, 0.25) is 0 Å². The van der Waals surface area contributed by atoms with E-state index in [1.807, 2.05) is 0 Å². The van der Waals surface area contributed by atoms with E-state index in [0.29, 0.717) is 29.4 Å². The fraction of sp³-hybridized carbons (Fsp3) is 0.562. The van der Waals surface area contributed by atoms with E-state index in [1.54, 1.807) is 19.1 Å². The van der Waals surface area contributed by atoms with Crippen molar-refractivity contribution in [2.24, 2.45) is 5.92 Å². The summed E-state index contributed by atoms with van der Waals surface area (Å²) in [7, 11) is 4.48. The average Bonchev–Trinajstić information content (AvgIpc) is 3.07. The predicted molar refractivity (Wildman–Crippen MR) is 82.0 cm³/mol. The maximum atomic E-state index is 12.8. The molecule has 6 heteroatoms. The van der Waals surface area contributed by atoms with Crippen LogP contribution >= 0.6 is 0 Å². The number of carbonyl (C=O) groups is 1. The highest BCUT2D eigenvalue weighted by Gasteiger charge is 2.41. The summed E-state index contributed by atoms with van der Waals surface area (Å²) < 4.78 is 15.8. The molecule has 2 N–H and O–H groups in total. The summed E-state index contributed by atoms with van der Waals surface area (Å²) in [6, 6.07) is 3.14. The van der Waals surface area contributed by atoms with Crippen LogP contribution in [0.15, 0.2) is 12.1 Å². The summed E-state index contributed by atoms with van der Waals surface area (Å²) in [4.78, 5) is 12.8. The molecule has 0 saturated carbocycles.